The molecule has 2 aromatic carbocycles. The number of halogens is 1. The van der Waals surface area contributed by atoms with E-state index in [0.717, 1.165) is 4.47 Å². The van der Waals surface area contributed by atoms with Crippen molar-refractivity contribution >= 4 is 26.9 Å². The van der Waals surface area contributed by atoms with Crippen molar-refractivity contribution < 1.29 is 13.9 Å². The van der Waals surface area contributed by atoms with Crippen LogP contribution >= 0.6 is 15.9 Å². The number of benzene rings is 2. The molecule has 0 saturated heterocycles. The molecule has 0 radical (unpaired) electrons. The summed E-state index contributed by atoms with van der Waals surface area (Å²) < 4.78 is 16.9. The van der Waals surface area contributed by atoms with E-state index in [-0.39, 0.29) is 11.2 Å². The molecule has 0 saturated carbocycles. The highest BCUT2D eigenvalue weighted by atomic mass is 79.9. The van der Waals surface area contributed by atoms with Crippen LogP contribution in [0.25, 0.3) is 11.0 Å². The van der Waals surface area contributed by atoms with E-state index in [4.69, 9.17) is 13.9 Å². The molecule has 3 aromatic rings. The number of hydrogen-bond acceptors (Lipinski definition) is 4. The largest absolute Gasteiger partial charge is 0.497 e. The lowest BCUT2D eigenvalue weighted by Crippen LogP contribution is -2.05. The van der Waals surface area contributed by atoms with Gasteiger partial charge in [0.25, 0.3) is 0 Å². The van der Waals surface area contributed by atoms with Gasteiger partial charge in [-0.2, -0.15) is 0 Å². The summed E-state index contributed by atoms with van der Waals surface area (Å²) in [6, 6.07) is 12.3. The van der Waals surface area contributed by atoms with Crippen molar-refractivity contribution in [2.75, 3.05) is 7.11 Å². The van der Waals surface area contributed by atoms with Crippen LogP contribution in [0.5, 0.6) is 17.2 Å². The van der Waals surface area contributed by atoms with E-state index in [9.17, 15) is 4.79 Å². The summed E-state index contributed by atoms with van der Waals surface area (Å²) in [5.41, 5.74) is 0.230. The number of ether oxygens (including phenoxy) is 2. The van der Waals surface area contributed by atoms with Crippen molar-refractivity contribution in [2.45, 2.75) is 0 Å². The van der Waals surface area contributed by atoms with Crippen molar-refractivity contribution in [1.82, 2.24) is 0 Å². The van der Waals surface area contributed by atoms with Gasteiger partial charge in [0.05, 0.1) is 17.0 Å². The monoisotopic (exact) mass is 346 g/mol. The van der Waals surface area contributed by atoms with E-state index in [0.29, 0.717) is 22.5 Å². The van der Waals surface area contributed by atoms with Crippen LogP contribution in [0.15, 0.2) is 62.4 Å². The topological polar surface area (TPSA) is 48.7 Å². The SMILES string of the molecule is COc1ccc2c(=O)c(Oc3ccccc3Br)coc2c1. The summed E-state index contributed by atoms with van der Waals surface area (Å²) in [4.78, 5) is 12.4. The predicted molar refractivity (Wildman–Crippen MR) is 83.3 cm³/mol. The zero-order chi connectivity index (χ0) is 14.8. The Labute approximate surface area is 129 Å². The van der Waals surface area contributed by atoms with Crippen LogP contribution < -0.4 is 14.9 Å². The maximum Gasteiger partial charge on any atom is 0.235 e. The number of methoxy groups -OCH3 is 1. The number of para-hydroxylation sites is 1. The van der Waals surface area contributed by atoms with Gasteiger partial charge in [-0.3, -0.25) is 4.79 Å². The molecule has 0 unspecified atom stereocenters. The average molecular weight is 347 g/mol. The van der Waals surface area contributed by atoms with Crippen molar-refractivity contribution in [3.63, 3.8) is 0 Å². The molecule has 0 aliphatic carbocycles. The molecule has 0 fully saturated rings. The van der Waals surface area contributed by atoms with Crippen LogP contribution in [-0.4, -0.2) is 7.11 Å². The fraction of sp³-hybridized carbons (Fsp3) is 0.0625. The second-order valence-corrected chi connectivity index (χ2v) is 5.18. The molecule has 0 aliphatic rings. The van der Waals surface area contributed by atoms with Gasteiger partial charge in [0.15, 0.2) is 0 Å². The zero-order valence-electron chi connectivity index (χ0n) is 11.1. The third-order valence-electron chi connectivity index (χ3n) is 3.01. The second-order valence-electron chi connectivity index (χ2n) is 4.32. The molecule has 0 bridgehead atoms. The first-order chi connectivity index (χ1) is 10.2. The van der Waals surface area contributed by atoms with Crippen molar-refractivity contribution in [2.24, 2.45) is 0 Å². The summed E-state index contributed by atoms with van der Waals surface area (Å²) in [5.74, 6) is 1.32. The van der Waals surface area contributed by atoms with Gasteiger partial charge in [0.2, 0.25) is 11.2 Å². The average Bonchev–Trinajstić information content (AvgIpc) is 2.51. The number of fused-ring (bicyclic) bond motifs is 1. The van der Waals surface area contributed by atoms with Gasteiger partial charge >= 0.3 is 0 Å². The van der Waals surface area contributed by atoms with E-state index in [1.807, 2.05) is 18.2 Å². The molecular weight excluding hydrogens is 336 g/mol. The lowest BCUT2D eigenvalue weighted by Gasteiger charge is -2.07. The standard InChI is InChI=1S/C16H11BrO4/c1-19-10-6-7-11-14(8-10)20-9-15(16(11)18)21-13-5-3-2-4-12(13)17/h2-9H,1H3. The quantitative estimate of drug-likeness (QED) is 0.707. The predicted octanol–water partition coefficient (Wildman–Crippen LogP) is 4.36. The molecule has 3 rings (SSSR count). The van der Waals surface area contributed by atoms with Crippen LogP contribution in [0.2, 0.25) is 0 Å². The smallest absolute Gasteiger partial charge is 0.235 e. The zero-order valence-corrected chi connectivity index (χ0v) is 12.7. The number of hydrogen-bond donors (Lipinski definition) is 0. The first kappa shape index (κ1) is 13.7. The Bertz CT molecular complexity index is 854. The fourth-order valence-electron chi connectivity index (χ4n) is 1.93. The van der Waals surface area contributed by atoms with E-state index >= 15 is 0 Å². The molecule has 106 valence electrons. The molecular formula is C16H11BrO4. The van der Waals surface area contributed by atoms with Crippen LogP contribution in [-0.2, 0) is 0 Å². The third kappa shape index (κ3) is 2.64. The molecule has 21 heavy (non-hydrogen) atoms. The van der Waals surface area contributed by atoms with Gasteiger partial charge in [0.1, 0.15) is 23.3 Å². The lowest BCUT2D eigenvalue weighted by molar-refractivity contribution is 0.413. The Morgan fingerprint density at radius 2 is 1.90 bits per heavy atom. The molecule has 4 nitrogen and oxygen atoms in total. The molecule has 1 aromatic heterocycles. The summed E-state index contributed by atoms with van der Waals surface area (Å²) in [6.07, 6.45) is 1.31. The molecule has 0 N–H and O–H groups in total. The first-order valence-electron chi connectivity index (χ1n) is 6.21. The highest BCUT2D eigenvalue weighted by Gasteiger charge is 2.11. The Morgan fingerprint density at radius 3 is 2.67 bits per heavy atom. The van der Waals surface area contributed by atoms with Crippen LogP contribution in [0.3, 0.4) is 0 Å². The Hall–Kier alpha value is -2.27. The minimum atomic E-state index is -0.227. The van der Waals surface area contributed by atoms with Gasteiger partial charge in [-0.1, -0.05) is 12.1 Å². The molecule has 1 heterocycles. The summed E-state index contributed by atoms with van der Waals surface area (Å²) >= 11 is 3.37. The van der Waals surface area contributed by atoms with Crippen LogP contribution in [0, 0.1) is 0 Å². The van der Waals surface area contributed by atoms with Crippen molar-refractivity contribution in [3.8, 4) is 17.2 Å². The van der Waals surface area contributed by atoms with Crippen LogP contribution in [0.4, 0.5) is 0 Å². The molecule has 0 atom stereocenters. The Balaban J connectivity index is 2.07. The number of rotatable bonds is 3. The normalized spacial score (nSPS) is 10.6. The molecule has 5 heteroatoms. The summed E-state index contributed by atoms with van der Waals surface area (Å²) in [7, 11) is 1.56. The Kier molecular flexibility index (Phi) is 3.66. The van der Waals surface area contributed by atoms with Gasteiger partial charge in [-0.05, 0) is 40.2 Å². The van der Waals surface area contributed by atoms with Gasteiger partial charge in [-0.25, -0.2) is 0 Å². The van der Waals surface area contributed by atoms with Gasteiger partial charge in [0, 0.05) is 6.07 Å². The summed E-state index contributed by atoms with van der Waals surface area (Å²) in [5, 5.41) is 0.445. The minimum absolute atomic E-state index is 0.138. The van der Waals surface area contributed by atoms with Gasteiger partial charge < -0.3 is 13.9 Å². The Morgan fingerprint density at radius 1 is 1.10 bits per heavy atom. The van der Waals surface area contributed by atoms with Crippen molar-refractivity contribution in [3.05, 3.63) is 63.4 Å². The van der Waals surface area contributed by atoms with E-state index < -0.39 is 0 Å². The maximum atomic E-state index is 12.4. The lowest BCUT2D eigenvalue weighted by atomic mass is 10.2. The van der Waals surface area contributed by atoms with Crippen LogP contribution in [0.1, 0.15) is 0 Å². The minimum Gasteiger partial charge on any atom is -0.497 e. The maximum absolute atomic E-state index is 12.4. The van der Waals surface area contributed by atoms with E-state index in [2.05, 4.69) is 15.9 Å². The highest BCUT2D eigenvalue weighted by Crippen LogP contribution is 2.29. The molecule has 0 spiro atoms. The summed E-state index contributed by atoms with van der Waals surface area (Å²) in [6.45, 7) is 0. The van der Waals surface area contributed by atoms with Gasteiger partial charge in [-0.15, -0.1) is 0 Å². The highest BCUT2D eigenvalue weighted by molar-refractivity contribution is 9.10. The van der Waals surface area contributed by atoms with Crippen molar-refractivity contribution in [1.29, 1.82) is 0 Å². The first-order valence-corrected chi connectivity index (χ1v) is 7.00. The third-order valence-corrected chi connectivity index (χ3v) is 3.66. The molecule has 0 aliphatic heterocycles. The second kappa shape index (κ2) is 5.61. The van der Waals surface area contributed by atoms with E-state index in [1.165, 1.54) is 6.26 Å². The molecule has 0 amide bonds. The fourth-order valence-corrected chi connectivity index (χ4v) is 2.30. The van der Waals surface area contributed by atoms with E-state index in [1.54, 1.807) is 31.4 Å².